The van der Waals surface area contributed by atoms with Crippen LogP contribution in [0.2, 0.25) is 0 Å². The second-order valence-corrected chi connectivity index (χ2v) is 4.27. The van der Waals surface area contributed by atoms with E-state index in [1.165, 1.54) is 18.4 Å². The molecule has 1 aliphatic carbocycles. The van der Waals surface area contributed by atoms with Gasteiger partial charge >= 0.3 is 0 Å². The minimum Gasteiger partial charge on any atom is -0.352 e. The Kier molecular flexibility index (Phi) is 2.00. The van der Waals surface area contributed by atoms with Crippen molar-refractivity contribution >= 4 is 0 Å². The lowest BCUT2D eigenvalue weighted by atomic mass is 9.75. The summed E-state index contributed by atoms with van der Waals surface area (Å²) in [6, 6.07) is 0. The van der Waals surface area contributed by atoms with Gasteiger partial charge in [-0.2, -0.15) is 0 Å². The fourth-order valence-corrected chi connectivity index (χ4v) is 3.08. The van der Waals surface area contributed by atoms with Crippen LogP contribution in [0.1, 0.15) is 32.6 Å². The molecule has 2 fully saturated rings. The predicted octanol–water partition coefficient (Wildman–Crippen LogP) is 2.50. The zero-order chi connectivity index (χ0) is 9.53. The molecule has 2 aliphatic rings. The molecule has 74 valence electrons. The maximum atomic E-state index is 5.80. The Morgan fingerprint density at radius 1 is 1.38 bits per heavy atom. The molecule has 2 heteroatoms. The van der Waals surface area contributed by atoms with Gasteiger partial charge in [-0.15, -0.1) is 0 Å². The minimum atomic E-state index is -0.334. The van der Waals surface area contributed by atoms with Gasteiger partial charge in [0.25, 0.3) is 0 Å². The van der Waals surface area contributed by atoms with Crippen LogP contribution in [0.15, 0.2) is 12.2 Å². The molecular formula is C11H18O2. The fraction of sp³-hybridized carbons (Fsp3) is 0.818. The van der Waals surface area contributed by atoms with Gasteiger partial charge in [-0.25, -0.2) is 0 Å². The van der Waals surface area contributed by atoms with E-state index in [0.29, 0.717) is 0 Å². The predicted molar refractivity (Wildman–Crippen MR) is 51.4 cm³/mol. The van der Waals surface area contributed by atoms with Gasteiger partial charge in [0, 0.05) is 18.9 Å². The number of methoxy groups -OCH3 is 1. The molecule has 0 spiro atoms. The van der Waals surface area contributed by atoms with Crippen LogP contribution < -0.4 is 0 Å². The monoisotopic (exact) mass is 182 g/mol. The van der Waals surface area contributed by atoms with Crippen molar-refractivity contribution in [3.63, 3.8) is 0 Å². The van der Waals surface area contributed by atoms with E-state index < -0.39 is 0 Å². The highest BCUT2D eigenvalue weighted by Gasteiger charge is 2.60. The van der Waals surface area contributed by atoms with E-state index in [4.69, 9.17) is 9.47 Å². The Morgan fingerprint density at radius 2 is 2.15 bits per heavy atom. The summed E-state index contributed by atoms with van der Waals surface area (Å²) in [7, 11) is 1.76. The zero-order valence-corrected chi connectivity index (χ0v) is 8.56. The Hall–Kier alpha value is -0.340. The second-order valence-electron chi connectivity index (χ2n) is 4.27. The van der Waals surface area contributed by atoms with Crippen molar-refractivity contribution in [2.24, 2.45) is 5.41 Å². The summed E-state index contributed by atoms with van der Waals surface area (Å²) in [6.45, 7) is 7.03. The lowest BCUT2D eigenvalue weighted by molar-refractivity contribution is -0.223. The summed E-state index contributed by atoms with van der Waals surface area (Å²) in [4.78, 5) is 0. The number of hydrogen-bond donors (Lipinski definition) is 0. The summed E-state index contributed by atoms with van der Waals surface area (Å²) >= 11 is 0. The number of fused-ring (bicyclic) bond motifs is 1. The molecule has 0 aromatic rings. The van der Waals surface area contributed by atoms with Crippen molar-refractivity contribution in [2.45, 2.75) is 38.4 Å². The van der Waals surface area contributed by atoms with Crippen molar-refractivity contribution < 1.29 is 9.47 Å². The van der Waals surface area contributed by atoms with Crippen LogP contribution >= 0.6 is 0 Å². The molecule has 0 radical (unpaired) electrons. The molecule has 1 saturated heterocycles. The highest BCUT2D eigenvalue weighted by atomic mass is 16.7. The maximum Gasteiger partial charge on any atom is 0.177 e. The summed E-state index contributed by atoms with van der Waals surface area (Å²) in [5, 5.41) is 0. The molecule has 2 nitrogen and oxygen atoms in total. The van der Waals surface area contributed by atoms with Gasteiger partial charge in [-0.1, -0.05) is 12.2 Å². The van der Waals surface area contributed by atoms with Crippen LogP contribution in [-0.4, -0.2) is 19.5 Å². The van der Waals surface area contributed by atoms with Crippen LogP contribution in [0, 0.1) is 5.41 Å². The van der Waals surface area contributed by atoms with E-state index >= 15 is 0 Å². The SMILES string of the molecule is C=C(C)[C@@]12CCC[C@]1(OC)OCC2. The smallest absolute Gasteiger partial charge is 0.177 e. The van der Waals surface area contributed by atoms with Gasteiger partial charge in [0.2, 0.25) is 0 Å². The normalized spacial score (nSPS) is 43.5. The molecule has 0 amide bonds. The lowest BCUT2D eigenvalue weighted by Gasteiger charge is -2.38. The first kappa shape index (κ1) is 9.22. The molecular weight excluding hydrogens is 164 g/mol. The number of rotatable bonds is 2. The van der Waals surface area contributed by atoms with Crippen LogP contribution in [-0.2, 0) is 9.47 Å². The standard InChI is InChI=1S/C11H18O2/c1-9(2)10-5-4-6-11(10,12-3)13-8-7-10/h1,4-8H2,2-3H3/t10-,11-/m0/s1. The Morgan fingerprint density at radius 3 is 2.69 bits per heavy atom. The van der Waals surface area contributed by atoms with E-state index in [0.717, 1.165) is 19.4 Å². The topological polar surface area (TPSA) is 18.5 Å². The molecule has 0 aromatic heterocycles. The van der Waals surface area contributed by atoms with Crippen LogP contribution in [0.5, 0.6) is 0 Å². The Bertz CT molecular complexity index is 222. The molecule has 0 N–H and O–H groups in total. The van der Waals surface area contributed by atoms with E-state index in [1.807, 2.05) is 0 Å². The third-order valence-corrected chi connectivity index (χ3v) is 3.85. The van der Waals surface area contributed by atoms with Gasteiger partial charge in [-0.05, 0) is 26.2 Å². The van der Waals surface area contributed by atoms with Gasteiger partial charge in [0.1, 0.15) is 0 Å². The average molecular weight is 182 g/mol. The molecule has 0 unspecified atom stereocenters. The van der Waals surface area contributed by atoms with Crippen molar-refractivity contribution in [1.29, 1.82) is 0 Å². The third kappa shape index (κ3) is 0.960. The average Bonchev–Trinajstić information content (AvgIpc) is 2.57. The van der Waals surface area contributed by atoms with Gasteiger partial charge in [0.15, 0.2) is 5.79 Å². The van der Waals surface area contributed by atoms with Crippen molar-refractivity contribution in [3.05, 3.63) is 12.2 Å². The first-order valence-corrected chi connectivity index (χ1v) is 5.02. The quantitative estimate of drug-likeness (QED) is 0.611. The number of hydrogen-bond acceptors (Lipinski definition) is 2. The highest BCUT2D eigenvalue weighted by molar-refractivity contribution is 5.19. The van der Waals surface area contributed by atoms with Gasteiger partial charge in [-0.3, -0.25) is 0 Å². The van der Waals surface area contributed by atoms with Gasteiger partial charge in [0.05, 0.1) is 6.61 Å². The van der Waals surface area contributed by atoms with E-state index in [9.17, 15) is 0 Å². The Labute approximate surface area is 79.9 Å². The molecule has 2 atom stereocenters. The summed E-state index contributed by atoms with van der Waals surface area (Å²) < 4.78 is 11.4. The third-order valence-electron chi connectivity index (χ3n) is 3.85. The first-order valence-electron chi connectivity index (χ1n) is 5.02. The van der Waals surface area contributed by atoms with Crippen LogP contribution in [0.25, 0.3) is 0 Å². The van der Waals surface area contributed by atoms with Crippen molar-refractivity contribution in [1.82, 2.24) is 0 Å². The largest absolute Gasteiger partial charge is 0.352 e. The maximum absolute atomic E-state index is 5.80. The molecule has 1 heterocycles. The minimum absolute atomic E-state index is 0.113. The number of ether oxygens (including phenoxy) is 2. The van der Waals surface area contributed by atoms with E-state index in [1.54, 1.807) is 7.11 Å². The van der Waals surface area contributed by atoms with Gasteiger partial charge < -0.3 is 9.47 Å². The molecule has 2 rings (SSSR count). The summed E-state index contributed by atoms with van der Waals surface area (Å²) in [5.41, 5.74) is 1.34. The fourth-order valence-electron chi connectivity index (χ4n) is 3.08. The first-order chi connectivity index (χ1) is 6.17. The molecule has 0 bridgehead atoms. The van der Waals surface area contributed by atoms with E-state index in [2.05, 4.69) is 13.5 Å². The summed E-state index contributed by atoms with van der Waals surface area (Å²) in [6.07, 6.45) is 4.48. The van der Waals surface area contributed by atoms with Crippen molar-refractivity contribution in [3.8, 4) is 0 Å². The molecule has 1 aliphatic heterocycles. The molecule has 13 heavy (non-hydrogen) atoms. The lowest BCUT2D eigenvalue weighted by Crippen LogP contribution is -2.42. The molecule has 0 aromatic carbocycles. The zero-order valence-electron chi connectivity index (χ0n) is 8.56. The molecule has 1 saturated carbocycles. The van der Waals surface area contributed by atoms with Crippen LogP contribution in [0.3, 0.4) is 0 Å². The van der Waals surface area contributed by atoms with Crippen molar-refractivity contribution in [2.75, 3.05) is 13.7 Å². The van der Waals surface area contributed by atoms with Crippen LogP contribution in [0.4, 0.5) is 0 Å². The second kappa shape index (κ2) is 2.82. The highest BCUT2D eigenvalue weighted by Crippen LogP contribution is 2.58. The summed E-state index contributed by atoms with van der Waals surface area (Å²) in [5.74, 6) is -0.334. The Balaban J connectivity index is 2.39. The van der Waals surface area contributed by atoms with E-state index in [-0.39, 0.29) is 11.2 Å².